The summed E-state index contributed by atoms with van der Waals surface area (Å²) in [6.07, 6.45) is 5.68. The van der Waals surface area contributed by atoms with Gasteiger partial charge in [0.1, 0.15) is 0 Å². The average Bonchev–Trinajstić information content (AvgIpc) is 3.27. The van der Waals surface area contributed by atoms with E-state index in [2.05, 4.69) is 27.7 Å². The number of carbonyl (C=O) groups excluding carboxylic acids is 2. The van der Waals surface area contributed by atoms with Gasteiger partial charge in [0.2, 0.25) is 0 Å². The van der Waals surface area contributed by atoms with Crippen LogP contribution in [-0.2, 0) is 11.3 Å². The van der Waals surface area contributed by atoms with Crippen molar-refractivity contribution < 1.29 is 9.59 Å². The Hall–Kier alpha value is -3.90. The first-order chi connectivity index (χ1) is 18.4. The Morgan fingerprint density at radius 1 is 0.895 bits per heavy atom. The Bertz CT molecular complexity index is 1340. The van der Waals surface area contributed by atoms with Gasteiger partial charge in [-0.1, -0.05) is 61.7 Å². The van der Waals surface area contributed by atoms with Crippen molar-refractivity contribution in [2.24, 2.45) is 0 Å². The van der Waals surface area contributed by atoms with Gasteiger partial charge < -0.3 is 20.4 Å². The molecule has 0 unspecified atom stereocenters. The smallest absolute Gasteiger partial charge is 0.258 e. The van der Waals surface area contributed by atoms with Gasteiger partial charge in [0.15, 0.2) is 0 Å². The largest absolute Gasteiger partial charge is 0.354 e. The van der Waals surface area contributed by atoms with Crippen LogP contribution in [0.25, 0.3) is 11.3 Å². The summed E-state index contributed by atoms with van der Waals surface area (Å²) in [5.41, 5.74) is 6.33. The highest BCUT2D eigenvalue weighted by Crippen LogP contribution is 2.38. The molecule has 3 aromatic rings. The van der Waals surface area contributed by atoms with Gasteiger partial charge in [0.25, 0.3) is 11.8 Å². The van der Waals surface area contributed by atoms with Crippen molar-refractivity contribution in [1.82, 2.24) is 9.80 Å². The maximum Gasteiger partial charge on any atom is 0.258 e. The van der Waals surface area contributed by atoms with Crippen LogP contribution in [0, 0.1) is 0 Å². The fourth-order valence-corrected chi connectivity index (χ4v) is 5.47. The molecule has 2 aliphatic rings. The Morgan fingerprint density at radius 2 is 1.61 bits per heavy atom. The lowest BCUT2D eigenvalue weighted by atomic mass is 9.93. The standard InChI is InChI=1S/C32H36N4O2/c1-35(2)21-22-14-17-25(18-15-22)33-30(23-10-6-4-7-11-23)29-27-20-24(16-19-28(27)34-31(29)37)32(38)36(3)26-12-8-5-9-13-26/h4,6-7,10-11,14-20,26,33H,5,8-9,12-13,21H2,1-3H3,(H,34,37). The van der Waals surface area contributed by atoms with Gasteiger partial charge in [-0.05, 0) is 68.4 Å². The maximum atomic E-state index is 13.5. The summed E-state index contributed by atoms with van der Waals surface area (Å²) in [4.78, 5) is 30.8. The minimum absolute atomic E-state index is 0.00380. The molecule has 3 aromatic carbocycles. The van der Waals surface area contributed by atoms with Gasteiger partial charge in [-0.15, -0.1) is 0 Å². The quantitative estimate of drug-likeness (QED) is 0.379. The number of nitrogens with one attached hydrogen (secondary N) is 2. The molecule has 6 heteroatoms. The van der Waals surface area contributed by atoms with Crippen LogP contribution in [0.3, 0.4) is 0 Å². The monoisotopic (exact) mass is 508 g/mol. The summed E-state index contributed by atoms with van der Waals surface area (Å²) in [6, 6.07) is 23.9. The van der Waals surface area contributed by atoms with Crippen LogP contribution >= 0.6 is 0 Å². The molecule has 0 spiro atoms. The Morgan fingerprint density at radius 3 is 2.29 bits per heavy atom. The molecule has 0 atom stereocenters. The van der Waals surface area contributed by atoms with Crippen molar-refractivity contribution in [3.05, 3.63) is 95.1 Å². The number of hydrogen-bond donors (Lipinski definition) is 2. The van der Waals surface area contributed by atoms with Crippen LogP contribution in [0.5, 0.6) is 0 Å². The van der Waals surface area contributed by atoms with E-state index < -0.39 is 0 Å². The maximum absolute atomic E-state index is 13.5. The molecule has 196 valence electrons. The summed E-state index contributed by atoms with van der Waals surface area (Å²) < 4.78 is 0. The lowest BCUT2D eigenvalue weighted by Gasteiger charge is -2.31. The molecule has 0 radical (unpaired) electrons. The minimum atomic E-state index is -0.180. The summed E-state index contributed by atoms with van der Waals surface area (Å²) in [7, 11) is 6.00. The van der Waals surface area contributed by atoms with E-state index in [4.69, 9.17) is 0 Å². The van der Waals surface area contributed by atoms with Crippen LogP contribution in [0.1, 0.15) is 59.2 Å². The van der Waals surface area contributed by atoms with E-state index in [0.29, 0.717) is 16.8 Å². The molecular weight excluding hydrogens is 472 g/mol. The van der Waals surface area contributed by atoms with Crippen LogP contribution in [-0.4, -0.2) is 48.8 Å². The zero-order chi connectivity index (χ0) is 26.6. The zero-order valence-electron chi connectivity index (χ0n) is 22.5. The summed E-state index contributed by atoms with van der Waals surface area (Å²) in [6.45, 7) is 0.856. The number of carbonyl (C=O) groups is 2. The van der Waals surface area contributed by atoms with Gasteiger partial charge in [-0.25, -0.2) is 0 Å². The second kappa shape index (κ2) is 11.2. The predicted molar refractivity (Wildman–Crippen MR) is 155 cm³/mol. The lowest BCUT2D eigenvalue weighted by molar-refractivity contribution is -0.110. The van der Waals surface area contributed by atoms with Crippen molar-refractivity contribution in [2.45, 2.75) is 44.7 Å². The first kappa shape index (κ1) is 25.7. The van der Waals surface area contributed by atoms with Crippen molar-refractivity contribution in [3.63, 3.8) is 0 Å². The second-order valence-electron chi connectivity index (χ2n) is 10.6. The van der Waals surface area contributed by atoms with Gasteiger partial charge >= 0.3 is 0 Å². The van der Waals surface area contributed by atoms with Crippen LogP contribution in [0.15, 0.2) is 72.8 Å². The molecule has 0 saturated heterocycles. The summed E-state index contributed by atoms with van der Waals surface area (Å²) >= 11 is 0. The number of benzene rings is 3. The Kier molecular flexibility index (Phi) is 7.61. The molecular formula is C32H36N4O2. The molecule has 0 bridgehead atoms. The summed E-state index contributed by atoms with van der Waals surface area (Å²) in [5, 5.41) is 6.53. The van der Waals surface area contributed by atoms with Gasteiger partial charge in [-0.2, -0.15) is 0 Å². The molecule has 2 N–H and O–H groups in total. The third-order valence-electron chi connectivity index (χ3n) is 7.49. The van der Waals surface area contributed by atoms with E-state index in [1.54, 1.807) is 0 Å². The van der Waals surface area contributed by atoms with E-state index in [9.17, 15) is 9.59 Å². The molecule has 38 heavy (non-hydrogen) atoms. The molecule has 6 nitrogen and oxygen atoms in total. The first-order valence-corrected chi connectivity index (χ1v) is 13.4. The molecule has 1 aliphatic carbocycles. The molecule has 1 fully saturated rings. The van der Waals surface area contributed by atoms with Crippen molar-refractivity contribution in [3.8, 4) is 0 Å². The highest BCUT2D eigenvalue weighted by atomic mass is 16.2. The molecule has 1 saturated carbocycles. The van der Waals surface area contributed by atoms with Crippen LogP contribution in [0.2, 0.25) is 0 Å². The van der Waals surface area contributed by atoms with Gasteiger partial charge in [0.05, 0.1) is 11.3 Å². The fraction of sp³-hybridized carbons (Fsp3) is 0.312. The van der Waals surface area contributed by atoms with Gasteiger partial charge in [-0.3, -0.25) is 9.59 Å². The Labute approximate surface area is 225 Å². The number of rotatable bonds is 7. The van der Waals surface area contributed by atoms with E-state index in [1.165, 1.54) is 24.8 Å². The molecule has 1 heterocycles. The topological polar surface area (TPSA) is 64.7 Å². The third-order valence-corrected chi connectivity index (χ3v) is 7.49. The fourth-order valence-electron chi connectivity index (χ4n) is 5.47. The molecule has 1 aliphatic heterocycles. The number of hydrogen-bond acceptors (Lipinski definition) is 4. The SMILES string of the molecule is CN(C)Cc1ccc(NC(=C2C(=O)Nc3ccc(C(=O)N(C)C4CCCCC4)cc32)c2ccccc2)cc1. The van der Waals surface area contributed by atoms with Crippen molar-refractivity contribution in [1.29, 1.82) is 0 Å². The van der Waals surface area contributed by atoms with Gasteiger partial charge in [0, 0.05) is 42.1 Å². The van der Waals surface area contributed by atoms with E-state index >= 15 is 0 Å². The first-order valence-electron chi connectivity index (χ1n) is 13.4. The number of nitrogens with zero attached hydrogens (tertiary/aromatic N) is 2. The number of anilines is 2. The molecule has 5 rings (SSSR count). The highest BCUT2D eigenvalue weighted by molar-refractivity contribution is 6.37. The Balaban J connectivity index is 1.53. The van der Waals surface area contributed by atoms with Crippen molar-refractivity contribution >= 4 is 34.5 Å². The highest BCUT2D eigenvalue weighted by Gasteiger charge is 2.30. The zero-order valence-corrected chi connectivity index (χ0v) is 22.5. The number of amides is 2. The van der Waals surface area contributed by atoms with E-state index in [1.807, 2.05) is 86.7 Å². The van der Waals surface area contributed by atoms with E-state index in [-0.39, 0.29) is 17.9 Å². The van der Waals surface area contributed by atoms with E-state index in [0.717, 1.165) is 41.9 Å². The predicted octanol–water partition coefficient (Wildman–Crippen LogP) is 6.09. The second-order valence-corrected chi connectivity index (χ2v) is 10.6. The summed E-state index contributed by atoms with van der Waals surface area (Å²) in [5.74, 6) is -0.176. The van der Waals surface area contributed by atoms with Crippen LogP contribution in [0.4, 0.5) is 11.4 Å². The van der Waals surface area contributed by atoms with Crippen LogP contribution < -0.4 is 10.6 Å². The van der Waals surface area contributed by atoms with Crippen molar-refractivity contribution in [2.75, 3.05) is 31.8 Å². The minimum Gasteiger partial charge on any atom is -0.354 e. The lowest BCUT2D eigenvalue weighted by Crippen LogP contribution is -2.38. The normalized spacial score (nSPS) is 16.7. The average molecular weight is 509 g/mol. The third kappa shape index (κ3) is 5.50. The molecule has 2 amide bonds. The number of fused-ring (bicyclic) bond motifs is 1. The molecule has 0 aromatic heterocycles.